The summed E-state index contributed by atoms with van der Waals surface area (Å²) >= 11 is 0. The van der Waals surface area contributed by atoms with Gasteiger partial charge in [0.1, 0.15) is 0 Å². The summed E-state index contributed by atoms with van der Waals surface area (Å²) in [5.41, 5.74) is 4.96. The van der Waals surface area contributed by atoms with E-state index in [1.54, 1.807) is 16.7 Å². The third-order valence-corrected chi connectivity index (χ3v) is 3.12. The summed E-state index contributed by atoms with van der Waals surface area (Å²) in [5.74, 6) is 1.45. The molecule has 0 aromatic carbocycles. The van der Waals surface area contributed by atoms with Crippen molar-refractivity contribution in [1.82, 2.24) is 0 Å². The fourth-order valence-electron chi connectivity index (χ4n) is 2.15. The minimum absolute atomic E-state index is 0.720. The van der Waals surface area contributed by atoms with E-state index in [1.807, 2.05) is 0 Å². The molecule has 0 atom stereocenters. The number of hydrogen-bond acceptors (Lipinski definition) is 0. The third-order valence-electron chi connectivity index (χ3n) is 3.12. The first-order valence-corrected chi connectivity index (χ1v) is 5.98. The second-order valence-electron chi connectivity index (χ2n) is 5.01. The largest absolute Gasteiger partial charge is 0.0651 e. The molecule has 1 aliphatic rings. The minimum Gasteiger partial charge on any atom is -0.0651 e. The third kappa shape index (κ3) is 2.50. The highest BCUT2D eigenvalue weighted by Gasteiger charge is 2.19. The van der Waals surface area contributed by atoms with Gasteiger partial charge in [0.25, 0.3) is 0 Å². The first-order chi connectivity index (χ1) is 6.56. The molecule has 0 bridgehead atoms. The molecular formula is C14H24. The monoisotopic (exact) mass is 192 g/mol. The lowest BCUT2D eigenvalue weighted by Gasteiger charge is -2.12. The molecular weight excluding hydrogens is 168 g/mol. The maximum absolute atomic E-state index is 2.46. The zero-order valence-corrected chi connectivity index (χ0v) is 10.4. The number of allylic oxidation sites excluding steroid dienone is 4. The molecule has 0 saturated carbocycles. The van der Waals surface area contributed by atoms with Crippen LogP contribution in [0.3, 0.4) is 0 Å². The molecule has 0 unspecified atom stereocenters. The summed E-state index contributed by atoms with van der Waals surface area (Å²) in [5, 5.41) is 0. The first kappa shape index (κ1) is 11.6. The Balaban J connectivity index is 2.80. The summed E-state index contributed by atoms with van der Waals surface area (Å²) in [7, 11) is 0. The zero-order chi connectivity index (χ0) is 10.7. The highest BCUT2D eigenvalue weighted by Crippen LogP contribution is 2.35. The van der Waals surface area contributed by atoms with Gasteiger partial charge >= 0.3 is 0 Å². The Morgan fingerprint density at radius 3 is 2.21 bits per heavy atom. The van der Waals surface area contributed by atoms with Crippen molar-refractivity contribution in [2.75, 3.05) is 0 Å². The second kappa shape index (κ2) is 4.82. The van der Waals surface area contributed by atoms with Gasteiger partial charge in [0, 0.05) is 0 Å². The molecule has 0 aliphatic heterocycles. The van der Waals surface area contributed by atoms with Crippen LogP contribution in [0, 0.1) is 11.8 Å². The van der Waals surface area contributed by atoms with Crippen molar-refractivity contribution >= 4 is 0 Å². The Kier molecular flexibility index (Phi) is 3.97. The molecule has 0 spiro atoms. The van der Waals surface area contributed by atoms with Crippen LogP contribution in [0.2, 0.25) is 0 Å². The van der Waals surface area contributed by atoms with Crippen LogP contribution in [0.25, 0.3) is 0 Å². The van der Waals surface area contributed by atoms with Gasteiger partial charge in [-0.25, -0.2) is 0 Å². The lowest BCUT2D eigenvalue weighted by molar-refractivity contribution is 0.690. The van der Waals surface area contributed by atoms with Gasteiger partial charge in [-0.05, 0) is 30.3 Å². The molecule has 0 nitrogen and oxygen atoms in total. The van der Waals surface area contributed by atoms with E-state index in [1.165, 1.54) is 19.3 Å². The van der Waals surface area contributed by atoms with E-state index in [0.717, 1.165) is 11.8 Å². The van der Waals surface area contributed by atoms with Gasteiger partial charge in [0.05, 0.1) is 0 Å². The smallest absolute Gasteiger partial charge is 0.00943 e. The van der Waals surface area contributed by atoms with Gasteiger partial charge < -0.3 is 0 Å². The molecule has 80 valence electrons. The summed E-state index contributed by atoms with van der Waals surface area (Å²) in [6.07, 6.45) is 6.24. The Bertz CT molecular complexity index is 251. The van der Waals surface area contributed by atoms with Crippen molar-refractivity contribution in [3.63, 3.8) is 0 Å². The Labute approximate surface area is 89.1 Å². The van der Waals surface area contributed by atoms with Crippen LogP contribution >= 0.6 is 0 Å². The molecule has 14 heavy (non-hydrogen) atoms. The molecule has 0 fully saturated rings. The molecule has 0 amide bonds. The molecule has 0 heterocycles. The standard InChI is InChI=1S/C14H24/c1-6-7-12-8-13(10(2)3)9-14(12)11(4)5/h8,10-11H,6-7,9H2,1-5H3. The van der Waals surface area contributed by atoms with Crippen molar-refractivity contribution in [2.24, 2.45) is 11.8 Å². The van der Waals surface area contributed by atoms with Gasteiger partial charge in [-0.3, -0.25) is 0 Å². The van der Waals surface area contributed by atoms with Crippen molar-refractivity contribution in [1.29, 1.82) is 0 Å². The molecule has 0 aromatic heterocycles. The molecule has 0 heteroatoms. The molecule has 1 rings (SSSR count). The molecule has 1 aliphatic carbocycles. The van der Waals surface area contributed by atoms with Crippen LogP contribution in [0.5, 0.6) is 0 Å². The second-order valence-corrected chi connectivity index (χ2v) is 5.01. The fraction of sp³-hybridized carbons (Fsp3) is 0.714. The van der Waals surface area contributed by atoms with E-state index in [4.69, 9.17) is 0 Å². The topological polar surface area (TPSA) is 0 Å². The summed E-state index contributed by atoms with van der Waals surface area (Å²) in [6, 6.07) is 0. The lowest BCUT2D eigenvalue weighted by Crippen LogP contribution is -1.97. The van der Waals surface area contributed by atoms with Crippen LogP contribution < -0.4 is 0 Å². The van der Waals surface area contributed by atoms with Crippen molar-refractivity contribution in [3.8, 4) is 0 Å². The van der Waals surface area contributed by atoms with Crippen molar-refractivity contribution in [2.45, 2.75) is 53.9 Å². The number of rotatable bonds is 4. The van der Waals surface area contributed by atoms with Gasteiger partial charge in [-0.1, -0.05) is 58.3 Å². The molecule has 0 radical (unpaired) electrons. The van der Waals surface area contributed by atoms with E-state index in [2.05, 4.69) is 40.7 Å². The Morgan fingerprint density at radius 2 is 1.79 bits per heavy atom. The van der Waals surface area contributed by atoms with Gasteiger partial charge in [0.15, 0.2) is 0 Å². The summed E-state index contributed by atoms with van der Waals surface area (Å²) in [4.78, 5) is 0. The summed E-state index contributed by atoms with van der Waals surface area (Å²) in [6.45, 7) is 11.5. The maximum Gasteiger partial charge on any atom is -0.00943 e. The van der Waals surface area contributed by atoms with E-state index in [0.29, 0.717) is 0 Å². The van der Waals surface area contributed by atoms with E-state index in [9.17, 15) is 0 Å². The predicted molar refractivity (Wildman–Crippen MR) is 64.3 cm³/mol. The Hall–Kier alpha value is -0.520. The molecule has 0 N–H and O–H groups in total. The van der Waals surface area contributed by atoms with E-state index < -0.39 is 0 Å². The van der Waals surface area contributed by atoms with Gasteiger partial charge in [-0.2, -0.15) is 0 Å². The normalized spacial score (nSPS) is 17.2. The maximum atomic E-state index is 2.46. The highest BCUT2D eigenvalue weighted by molar-refractivity contribution is 5.40. The van der Waals surface area contributed by atoms with Crippen LogP contribution in [-0.2, 0) is 0 Å². The van der Waals surface area contributed by atoms with E-state index >= 15 is 0 Å². The van der Waals surface area contributed by atoms with Crippen molar-refractivity contribution in [3.05, 3.63) is 22.8 Å². The van der Waals surface area contributed by atoms with Crippen molar-refractivity contribution < 1.29 is 0 Å². The van der Waals surface area contributed by atoms with Gasteiger partial charge in [-0.15, -0.1) is 0 Å². The average Bonchev–Trinajstić information content (AvgIpc) is 2.49. The van der Waals surface area contributed by atoms with Crippen LogP contribution in [0.4, 0.5) is 0 Å². The minimum atomic E-state index is 0.720. The zero-order valence-electron chi connectivity index (χ0n) is 10.4. The average molecular weight is 192 g/mol. The quantitative estimate of drug-likeness (QED) is 0.604. The number of hydrogen-bond donors (Lipinski definition) is 0. The van der Waals surface area contributed by atoms with Crippen LogP contribution in [-0.4, -0.2) is 0 Å². The highest BCUT2D eigenvalue weighted by atomic mass is 14.2. The van der Waals surface area contributed by atoms with E-state index in [-0.39, 0.29) is 0 Å². The lowest BCUT2D eigenvalue weighted by atomic mass is 9.94. The first-order valence-electron chi connectivity index (χ1n) is 5.98. The molecule has 0 saturated heterocycles. The Morgan fingerprint density at radius 1 is 1.14 bits per heavy atom. The fourth-order valence-corrected chi connectivity index (χ4v) is 2.15. The molecule has 0 aromatic rings. The predicted octanol–water partition coefficient (Wildman–Crippen LogP) is 4.73. The van der Waals surface area contributed by atoms with Crippen LogP contribution in [0.15, 0.2) is 22.8 Å². The SMILES string of the molecule is CCCC1=C(C(C)C)CC(C(C)C)=C1. The van der Waals surface area contributed by atoms with Gasteiger partial charge in [0.2, 0.25) is 0 Å². The van der Waals surface area contributed by atoms with Crippen LogP contribution in [0.1, 0.15) is 53.9 Å². The summed E-state index contributed by atoms with van der Waals surface area (Å²) < 4.78 is 0.